The first-order chi connectivity index (χ1) is 14.6. The third-order valence-corrected chi connectivity index (χ3v) is 6.35. The Morgan fingerprint density at radius 2 is 1.87 bits per heavy atom. The fourth-order valence-electron chi connectivity index (χ4n) is 3.65. The number of nitrogens with zero attached hydrogens (tertiary/aromatic N) is 4. The van der Waals surface area contributed by atoms with Crippen molar-refractivity contribution in [3.63, 3.8) is 0 Å². The maximum atomic E-state index is 12.5. The number of ether oxygens (including phenoxy) is 1. The topological polar surface area (TPSA) is 77.3 Å². The molecule has 30 heavy (non-hydrogen) atoms. The smallest absolute Gasteiger partial charge is 0.309 e. The summed E-state index contributed by atoms with van der Waals surface area (Å²) in [6.07, 6.45) is 2.70. The number of esters is 1. The van der Waals surface area contributed by atoms with E-state index in [0.717, 1.165) is 35.3 Å². The molecule has 1 fully saturated rings. The van der Waals surface area contributed by atoms with Crippen LogP contribution in [0.1, 0.15) is 39.5 Å². The Kier molecular flexibility index (Phi) is 8.30. The molecule has 0 atom stereocenters. The van der Waals surface area contributed by atoms with Crippen molar-refractivity contribution >= 4 is 23.6 Å². The summed E-state index contributed by atoms with van der Waals surface area (Å²) < 4.78 is 7.20. The Morgan fingerprint density at radius 1 is 1.13 bits per heavy atom. The van der Waals surface area contributed by atoms with Crippen LogP contribution in [0.3, 0.4) is 0 Å². The normalized spacial score (nSPS) is 14.7. The second kappa shape index (κ2) is 11.2. The molecule has 1 aliphatic rings. The van der Waals surface area contributed by atoms with Gasteiger partial charge in [0, 0.05) is 37.4 Å². The molecule has 162 valence electrons. The Morgan fingerprint density at radius 3 is 2.53 bits per heavy atom. The van der Waals surface area contributed by atoms with Gasteiger partial charge in [-0.3, -0.25) is 9.59 Å². The van der Waals surface area contributed by atoms with Gasteiger partial charge < -0.3 is 14.2 Å². The number of rotatable bonds is 9. The fraction of sp³-hybridized carbons (Fsp3) is 0.545. The zero-order chi connectivity index (χ0) is 21.3. The Balaban J connectivity index is 1.43. The van der Waals surface area contributed by atoms with Gasteiger partial charge in [0.1, 0.15) is 0 Å². The number of hydrogen-bond donors (Lipinski definition) is 0. The van der Waals surface area contributed by atoms with Gasteiger partial charge in [0.05, 0.1) is 12.5 Å². The molecular weight excluding hydrogens is 400 g/mol. The number of thioether (sulfide) groups is 1. The van der Waals surface area contributed by atoms with Gasteiger partial charge >= 0.3 is 5.97 Å². The lowest BCUT2D eigenvalue weighted by atomic mass is 9.97. The monoisotopic (exact) mass is 430 g/mol. The van der Waals surface area contributed by atoms with Crippen molar-refractivity contribution in [3.8, 4) is 11.4 Å². The van der Waals surface area contributed by atoms with E-state index in [1.807, 2.05) is 42.2 Å². The van der Waals surface area contributed by atoms with E-state index >= 15 is 0 Å². The van der Waals surface area contributed by atoms with Crippen molar-refractivity contribution in [2.75, 3.05) is 25.4 Å². The first-order valence-corrected chi connectivity index (χ1v) is 11.7. The van der Waals surface area contributed by atoms with Gasteiger partial charge in [-0.05, 0) is 33.1 Å². The summed E-state index contributed by atoms with van der Waals surface area (Å²) in [6.45, 7) is 6.39. The summed E-state index contributed by atoms with van der Waals surface area (Å²) in [5.41, 5.74) is 1.06. The molecule has 1 aromatic carbocycles. The third-order valence-electron chi connectivity index (χ3n) is 5.30. The van der Waals surface area contributed by atoms with Crippen molar-refractivity contribution in [1.29, 1.82) is 0 Å². The summed E-state index contributed by atoms with van der Waals surface area (Å²) in [5.74, 6) is 1.67. The average Bonchev–Trinajstić information content (AvgIpc) is 3.20. The van der Waals surface area contributed by atoms with Gasteiger partial charge in [0.25, 0.3) is 0 Å². The molecule has 1 aromatic heterocycles. The Bertz CT molecular complexity index is 832. The summed E-state index contributed by atoms with van der Waals surface area (Å²) in [5, 5.41) is 9.59. The highest BCUT2D eigenvalue weighted by Gasteiger charge is 2.27. The minimum atomic E-state index is -0.129. The molecule has 1 amide bonds. The van der Waals surface area contributed by atoms with Crippen LogP contribution in [-0.2, 0) is 20.9 Å². The number of carbonyl (C=O) groups excluding carboxylic acids is 2. The van der Waals surface area contributed by atoms with Crippen LogP contribution in [0.2, 0.25) is 0 Å². The summed E-state index contributed by atoms with van der Waals surface area (Å²) >= 11 is 1.64. The van der Waals surface area contributed by atoms with Crippen molar-refractivity contribution in [2.45, 2.75) is 51.2 Å². The molecule has 2 heterocycles. The second-order valence-corrected chi connectivity index (χ2v) is 8.34. The summed E-state index contributed by atoms with van der Waals surface area (Å²) in [4.78, 5) is 26.2. The molecule has 0 saturated carbocycles. The van der Waals surface area contributed by atoms with E-state index in [2.05, 4.69) is 21.7 Å². The first kappa shape index (κ1) is 22.3. The van der Waals surface area contributed by atoms with Crippen molar-refractivity contribution < 1.29 is 14.3 Å². The van der Waals surface area contributed by atoms with E-state index in [1.54, 1.807) is 11.8 Å². The number of carbonyl (C=O) groups is 2. The minimum Gasteiger partial charge on any atom is -0.466 e. The fourth-order valence-corrected chi connectivity index (χ4v) is 4.59. The second-order valence-electron chi connectivity index (χ2n) is 7.28. The Labute approximate surface area is 182 Å². The first-order valence-electron chi connectivity index (χ1n) is 10.7. The number of aromatic nitrogens is 3. The number of amides is 1. The maximum absolute atomic E-state index is 12.5. The van der Waals surface area contributed by atoms with Crippen LogP contribution in [0.15, 0.2) is 35.5 Å². The minimum absolute atomic E-state index is 0.0660. The van der Waals surface area contributed by atoms with Gasteiger partial charge in [0.2, 0.25) is 5.91 Å². The lowest BCUT2D eigenvalue weighted by Crippen LogP contribution is -2.40. The lowest BCUT2D eigenvalue weighted by Gasteiger charge is -2.31. The highest BCUT2D eigenvalue weighted by molar-refractivity contribution is 7.99. The van der Waals surface area contributed by atoms with Crippen LogP contribution in [0.25, 0.3) is 11.4 Å². The molecule has 0 unspecified atom stereocenters. The molecule has 8 heteroatoms. The lowest BCUT2D eigenvalue weighted by molar-refractivity contribution is -0.151. The molecule has 1 aliphatic heterocycles. The van der Waals surface area contributed by atoms with Gasteiger partial charge in [-0.2, -0.15) is 0 Å². The van der Waals surface area contributed by atoms with Gasteiger partial charge in [0.15, 0.2) is 11.0 Å². The Hall–Kier alpha value is -2.35. The van der Waals surface area contributed by atoms with Crippen LogP contribution < -0.4 is 0 Å². The third kappa shape index (κ3) is 5.62. The standard InChI is InChI=1S/C22H30N4O3S/c1-3-26-20(17-9-6-5-7-10-17)23-24-22(26)30-16-8-11-19(27)25-14-12-18(13-15-25)21(28)29-4-2/h5-7,9-10,18H,3-4,8,11-16H2,1-2H3. The molecular formula is C22H30N4O3S. The maximum Gasteiger partial charge on any atom is 0.309 e. The van der Waals surface area contributed by atoms with Crippen molar-refractivity contribution in [1.82, 2.24) is 19.7 Å². The molecule has 7 nitrogen and oxygen atoms in total. The largest absolute Gasteiger partial charge is 0.466 e. The molecule has 2 aromatic rings. The highest BCUT2D eigenvalue weighted by atomic mass is 32.2. The SMILES string of the molecule is CCOC(=O)C1CCN(C(=O)CCCSc2nnc(-c3ccccc3)n2CC)CC1. The van der Waals surface area contributed by atoms with Crippen molar-refractivity contribution in [3.05, 3.63) is 30.3 Å². The van der Waals surface area contributed by atoms with E-state index in [4.69, 9.17) is 4.74 Å². The zero-order valence-electron chi connectivity index (χ0n) is 17.7. The molecule has 0 N–H and O–H groups in total. The van der Waals surface area contributed by atoms with Crippen LogP contribution in [0.5, 0.6) is 0 Å². The van der Waals surface area contributed by atoms with Crippen LogP contribution in [0.4, 0.5) is 0 Å². The van der Waals surface area contributed by atoms with E-state index in [0.29, 0.717) is 39.0 Å². The molecule has 0 aliphatic carbocycles. The summed E-state index contributed by atoms with van der Waals surface area (Å²) in [7, 11) is 0. The van der Waals surface area contributed by atoms with E-state index in [9.17, 15) is 9.59 Å². The number of benzene rings is 1. The molecule has 1 saturated heterocycles. The predicted molar refractivity (Wildman–Crippen MR) is 117 cm³/mol. The summed E-state index contributed by atoms with van der Waals surface area (Å²) in [6, 6.07) is 10.1. The van der Waals surface area contributed by atoms with Gasteiger partial charge in [-0.25, -0.2) is 0 Å². The van der Waals surface area contributed by atoms with Crippen LogP contribution in [0, 0.1) is 5.92 Å². The number of piperidine rings is 1. The quantitative estimate of drug-likeness (QED) is 0.343. The number of hydrogen-bond acceptors (Lipinski definition) is 6. The van der Waals surface area contributed by atoms with Crippen molar-refractivity contribution in [2.24, 2.45) is 5.92 Å². The van der Waals surface area contributed by atoms with E-state index < -0.39 is 0 Å². The highest BCUT2D eigenvalue weighted by Crippen LogP contribution is 2.25. The molecule has 0 spiro atoms. The van der Waals surface area contributed by atoms with Gasteiger partial charge in [-0.15, -0.1) is 10.2 Å². The van der Waals surface area contributed by atoms with Crippen LogP contribution in [-0.4, -0.2) is 57.0 Å². The molecule has 0 bridgehead atoms. The molecule has 0 radical (unpaired) electrons. The zero-order valence-corrected chi connectivity index (χ0v) is 18.6. The van der Waals surface area contributed by atoms with Crippen LogP contribution >= 0.6 is 11.8 Å². The molecule has 3 rings (SSSR count). The van der Waals surface area contributed by atoms with E-state index in [-0.39, 0.29) is 17.8 Å². The number of likely N-dealkylation sites (tertiary alicyclic amines) is 1. The predicted octanol–water partition coefficient (Wildman–Crippen LogP) is 3.64. The van der Waals surface area contributed by atoms with Gasteiger partial charge in [-0.1, -0.05) is 42.1 Å². The average molecular weight is 431 g/mol. The van der Waals surface area contributed by atoms with E-state index in [1.165, 1.54) is 0 Å².